The minimum absolute atomic E-state index is 0.246. The number of hydrogen-bond acceptors (Lipinski definition) is 6. The highest BCUT2D eigenvalue weighted by Crippen LogP contribution is 2.19. The van der Waals surface area contributed by atoms with Gasteiger partial charge in [0.25, 0.3) is 0 Å². The quantitative estimate of drug-likeness (QED) is 0.548. The minimum atomic E-state index is -0.724. The number of H-pyrrole nitrogens is 1. The Morgan fingerprint density at radius 1 is 1.63 bits per heavy atom. The fourth-order valence-electron chi connectivity index (χ4n) is 1.43. The maximum absolute atomic E-state index is 11.8. The van der Waals surface area contributed by atoms with Crippen molar-refractivity contribution in [3.63, 3.8) is 0 Å². The average Bonchev–Trinajstić information content (AvgIpc) is 2.70. The van der Waals surface area contributed by atoms with E-state index in [9.17, 15) is 9.59 Å². The number of thioether (sulfide) groups is 1. The van der Waals surface area contributed by atoms with E-state index in [4.69, 9.17) is 4.74 Å². The predicted octanol–water partition coefficient (Wildman–Crippen LogP) is 0.132. The molecule has 1 aromatic rings. The molecule has 0 aliphatic heterocycles. The van der Waals surface area contributed by atoms with Crippen molar-refractivity contribution in [2.24, 2.45) is 7.05 Å². The topological polar surface area (TPSA) is 89.0 Å². The SMILES string of the molecule is CCOC(=O)C(C)(CCSc1n[nH]c(=O)n1C)NC. The van der Waals surface area contributed by atoms with Gasteiger partial charge in [-0.3, -0.25) is 9.36 Å². The summed E-state index contributed by atoms with van der Waals surface area (Å²) in [7, 11) is 3.38. The van der Waals surface area contributed by atoms with Crippen molar-refractivity contribution in [2.75, 3.05) is 19.4 Å². The second-order valence-electron chi connectivity index (χ2n) is 4.27. The van der Waals surface area contributed by atoms with Crippen LogP contribution in [0.4, 0.5) is 0 Å². The van der Waals surface area contributed by atoms with Gasteiger partial charge < -0.3 is 10.1 Å². The van der Waals surface area contributed by atoms with Crippen LogP contribution in [0, 0.1) is 0 Å². The summed E-state index contributed by atoms with van der Waals surface area (Å²) in [6, 6.07) is 0. The molecule has 1 rings (SSSR count). The summed E-state index contributed by atoms with van der Waals surface area (Å²) < 4.78 is 6.48. The normalized spacial score (nSPS) is 14.1. The molecule has 0 saturated heterocycles. The molecule has 0 fully saturated rings. The molecule has 8 heteroatoms. The molecule has 1 unspecified atom stereocenters. The van der Waals surface area contributed by atoms with Gasteiger partial charge in [-0.25, -0.2) is 9.89 Å². The molecular formula is C11H20N4O3S. The summed E-state index contributed by atoms with van der Waals surface area (Å²) in [5.74, 6) is 0.378. The highest BCUT2D eigenvalue weighted by Gasteiger charge is 2.32. The Hall–Kier alpha value is -1.28. The summed E-state index contributed by atoms with van der Waals surface area (Å²) in [6.45, 7) is 3.94. The number of rotatable bonds is 7. The summed E-state index contributed by atoms with van der Waals surface area (Å²) in [5, 5.41) is 9.85. The van der Waals surface area contributed by atoms with Gasteiger partial charge in [0.15, 0.2) is 5.16 Å². The van der Waals surface area contributed by atoms with E-state index in [-0.39, 0.29) is 11.7 Å². The van der Waals surface area contributed by atoms with E-state index in [0.717, 1.165) is 0 Å². The Labute approximate surface area is 116 Å². The zero-order chi connectivity index (χ0) is 14.5. The number of ether oxygens (including phenoxy) is 1. The first-order valence-electron chi connectivity index (χ1n) is 6.05. The highest BCUT2D eigenvalue weighted by atomic mass is 32.2. The van der Waals surface area contributed by atoms with Gasteiger partial charge in [0.05, 0.1) is 6.61 Å². The largest absolute Gasteiger partial charge is 0.465 e. The molecule has 0 aliphatic rings. The number of nitrogens with zero attached hydrogens (tertiary/aromatic N) is 2. The van der Waals surface area contributed by atoms with Crippen LogP contribution in [0.2, 0.25) is 0 Å². The molecule has 1 atom stereocenters. The number of carbonyl (C=O) groups is 1. The fraction of sp³-hybridized carbons (Fsp3) is 0.727. The Balaban J connectivity index is 2.57. The molecule has 19 heavy (non-hydrogen) atoms. The second kappa shape index (κ2) is 6.76. The first kappa shape index (κ1) is 15.8. The van der Waals surface area contributed by atoms with Crippen LogP contribution in [0.15, 0.2) is 9.95 Å². The van der Waals surface area contributed by atoms with Crippen molar-refractivity contribution < 1.29 is 9.53 Å². The van der Waals surface area contributed by atoms with Gasteiger partial charge in [-0.1, -0.05) is 11.8 Å². The van der Waals surface area contributed by atoms with E-state index < -0.39 is 5.54 Å². The van der Waals surface area contributed by atoms with Crippen molar-refractivity contribution in [2.45, 2.75) is 31.0 Å². The molecule has 7 nitrogen and oxygen atoms in total. The molecule has 0 spiro atoms. The van der Waals surface area contributed by atoms with E-state index >= 15 is 0 Å². The predicted molar refractivity (Wildman–Crippen MR) is 73.3 cm³/mol. The lowest BCUT2D eigenvalue weighted by Crippen LogP contribution is -2.49. The van der Waals surface area contributed by atoms with Gasteiger partial charge in [0, 0.05) is 12.8 Å². The zero-order valence-corrected chi connectivity index (χ0v) is 12.5. The molecule has 108 valence electrons. The summed E-state index contributed by atoms with van der Waals surface area (Å²) >= 11 is 1.42. The summed E-state index contributed by atoms with van der Waals surface area (Å²) in [5.41, 5.74) is -0.970. The zero-order valence-electron chi connectivity index (χ0n) is 11.6. The lowest BCUT2D eigenvalue weighted by Gasteiger charge is -2.26. The maximum Gasteiger partial charge on any atom is 0.343 e. The molecule has 2 N–H and O–H groups in total. The highest BCUT2D eigenvalue weighted by molar-refractivity contribution is 7.99. The van der Waals surface area contributed by atoms with Crippen LogP contribution in [0.3, 0.4) is 0 Å². The van der Waals surface area contributed by atoms with Gasteiger partial charge in [-0.15, -0.1) is 5.10 Å². The molecule has 0 bridgehead atoms. The molecule has 0 amide bonds. The first-order chi connectivity index (χ1) is 8.94. The third-order valence-electron chi connectivity index (χ3n) is 2.95. The van der Waals surface area contributed by atoms with Crippen molar-refractivity contribution in [1.29, 1.82) is 0 Å². The van der Waals surface area contributed by atoms with E-state index in [1.165, 1.54) is 16.3 Å². The van der Waals surface area contributed by atoms with E-state index in [0.29, 0.717) is 23.9 Å². The van der Waals surface area contributed by atoms with Gasteiger partial charge >= 0.3 is 11.7 Å². The van der Waals surface area contributed by atoms with Gasteiger partial charge in [0.2, 0.25) is 0 Å². The second-order valence-corrected chi connectivity index (χ2v) is 5.33. The van der Waals surface area contributed by atoms with E-state index in [1.54, 1.807) is 27.9 Å². The molecule has 0 radical (unpaired) electrons. The number of esters is 1. The first-order valence-corrected chi connectivity index (χ1v) is 7.03. The number of aromatic nitrogens is 3. The molecule has 0 aromatic carbocycles. The summed E-state index contributed by atoms with van der Waals surface area (Å²) in [6.07, 6.45) is 0.577. The Bertz CT molecular complexity index is 485. The third-order valence-corrected chi connectivity index (χ3v) is 3.98. The van der Waals surface area contributed by atoms with Gasteiger partial charge in [-0.2, -0.15) is 0 Å². The smallest absolute Gasteiger partial charge is 0.343 e. The van der Waals surface area contributed by atoms with Crippen LogP contribution in [0.5, 0.6) is 0 Å². The van der Waals surface area contributed by atoms with Crippen LogP contribution >= 0.6 is 11.8 Å². The average molecular weight is 288 g/mol. The number of aromatic amines is 1. The minimum Gasteiger partial charge on any atom is -0.465 e. The van der Waals surface area contributed by atoms with Gasteiger partial charge in [0.1, 0.15) is 5.54 Å². The number of likely N-dealkylation sites (N-methyl/N-ethyl adjacent to an activating group) is 1. The molecular weight excluding hydrogens is 268 g/mol. The molecule has 0 saturated carbocycles. The standard InChI is InChI=1S/C11H20N4O3S/c1-5-18-8(16)11(2,12-3)6-7-19-10-14-13-9(17)15(10)4/h12H,5-7H2,1-4H3,(H,13,17). The van der Waals surface area contributed by atoms with Crippen LogP contribution in [0.1, 0.15) is 20.3 Å². The van der Waals surface area contributed by atoms with Gasteiger partial charge in [-0.05, 0) is 27.3 Å². The van der Waals surface area contributed by atoms with Crippen LogP contribution in [-0.2, 0) is 16.6 Å². The van der Waals surface area contributed by atoms with Crippen LogP contribution in [-0.4, -0.2) is 45.7 Å². The Kier molecular flexibility index (Phi) is 5.61. The number of carbonyl (C=O) groups excluding carboxylic acids is 1. The fourth-order valence-corrected chi connectivity index (χ4v) is 2.51. The lowest BCUT2D eigenvalue weighted by molar-refractivity contribution is -0.150. The van der Waals surface area contributed by atoms with Crippen molar-refractivity contribution in [3.05, 3.63) is 10.5 Å². The van der Waals surface area contributed by atoms with Crippen molar-refractivity contribution in [1.82, 2.24) is 20.1 Å². The maximum atomic E-state index is 11.8. The van der Waals surface area contributed by atoms with Crippen molar-refractivity contribution >= 4 is 17.7 Å². The van der Waals surface area contributed by atoms with E-state index in [1.807, 2.05) is 0 Å². The summed E-state index contributed by atoms with van der Waals surface area (Å²) in [4.78, 5) is 23.0. The number of nitrogens with one attached hydrogen (secondary N) is 2. The monoisotopic (exact) mass is 288 g/mol. The molecule has 1 heterocycles. The lowest BCUT2D eigenvalue weighted by atomic mass is 10.00. The van der Waals surface area contributed by atoms with Crippen LogP contribution < -0.4 is 11.0 Å². The molecule has 0 aliphatic carbocycles. The number of hydrogen-bond donors (Lipinski definition) is 2. The van der Waals surface area contributed by atoms with Crippen LogP contribution in [0.25, 0.3) is 0 Å². The van der Waals surface area contributed by atoms with E-state index in [2.05, 4.69) is 15.5 Å². The third kappa shape index (κ3) is 3.84. The molecule has 1 aromatic heterocycles. The van der Waals surface area contributed by atoms with Crippen molar-refractivity contribution in [3.8, 4) is 0 Å². The Morgan fingerprint density at radius 3 is 2.79 bits per heavy atom. The Morgan fingerprint density at radius 2 is 2.32 bits per heavy atom.